The van der Waals surface area contributed by atoms with Crippen LogP contribution in [0, 0.1) is 0 Å². The maximum atomic E-state index is 10.2. The molecule has 3 heteroatoms. The molecule has 54 valence electrons. The first-order chi connectivity index (χ1) is 4.13. The molecule has 0 aliphatic heterocycles. The van der Waals surface area contributed by atoms with Gasteiger partial charge in [0.1, 0.15) is 0 Å². The van der Waals surface area contributed by atoms with E-state index in [1.165, 1.54) is 0 Å². The van der Waals surface area contributed by atoms with Crippen LogP contribution in [0.4, 0.5) is 0 Å². The predicted octanol–water partition coefficient (Wildman–Crippen LogP) is -0.0108. The SMILES string of the molecule is CC(N)CCCC(N)=O. The zero-order chi connectivity index (χ0) is 7.28. The zero-order valence-corrected chi connectivity index (χ0v) is 5.76. The Bertz CT molecular complexity index is 91.1. The van der Waals surface area contributed by atoms with E-state index in [0.29, 0.717) is 6.42 Å². The van der Waals surface area contributed by atoms with E-state index in [-0.39, 0.29) is 11.9 Å². The maximum Gasteiger partial charge on any atom is 0.217 e. The van der Waals surface area contributed by atoms with Crippen molar-refractivity contribution in [3.05, 3.63) is 0 Å². The number of carbonyl (C=O) groups is 1. The second-order valence-corrected chi connectivity index (χ2v) is 2.34. The third-order valence-electron chi connectivity index (χ3n) is 1.08. The highest BCUT2D eigenvalue weighted by Crippen LogP contribution is 1.96. The third kappa shape index (κ3) is 7.43. The van der Waals surface area contributed by atoms with Gasteiger partial charge in [0, 0.05) is 12.5 Å². The van der Waals surface area contributed by atoms with Crippen LogP contribution in [-0.4, -0.2) is 11.9 Å². The molecule has 1 amide bonds. The number of rotatable bonds is 4. The van der Waals surface area contributed by atoms with Crippen LogP contribution in [0.5, 0.6) is 0 Å². The van der Waals surface area contributed by atoms with Crippen molar-refractivity contribution in [2.45, 2.75) is 32.2 Å². The lowest BCUT2D eigenvalue weighted by Crippen LogP contribution is -2.16. The molecule has 0 rings (SSSR count). The molecular weight excluding hydrogens is 116 g/mol. The van der Waals surface area contributed by atoms with Gasteiger partial charge in [-0.2, -0.15) is 0 Å². The fourth-order valence-electron chi connectivity index (χ4n) is 0.598. The van der Waals surface area contributed by atoms with Crippen molar-refractivity contribution in [3.63, 3.8) is 0 Å². The molecule has 0 radical (unpaired) electrons. The van der Waals surface area contributed by atoms with Crippen molar-refractivity contribution in [2.75, 3.05) is 0 Å². The molecule has 0 aromatic rings. The van der Waals surface area contributed by atoms with Gasteiger partial charge in [0.15, 0.2) is 0 Å². The smallest absolute Gasteiger partial charge is 0.217 e. The number of primary amides is 1. The van der Waals surface area contributed by atoms with Gasteiger partial charge in [-0.1, -0.05) is 0 Å². The molecule has 0 spiro atoms. The minimum Gasteiger partial charge on any atom is -0.370 e. The number of carbonyl (C=O) groups excluding carboxylic acids is 1. The second kappa shape index (κ2) is 4.32. The zero-order valence-electron chi connectivity index (χ0n) is 5.76. The summed E-state index contributed by atoms with van der Waals surface area (Å²) >= 11 is 0. The molecule has 0 aliphatic carbocycles. The highest BCUT2D eigenvalue weighted by Gasteiger charge is 1.96. The molecule has 1 unspecified atom stereocenters. The van der Waals surface area contributed by atoms with Crippen molar-refractivity contribution in [1.29, 1.82) is 0 Å². The Morgan fingerprint density at radius 3 is 2.56 bits per heavy atom. The molecule has 0 aliphatic rings. The Labute approximate surface area is 55.4 Å². The van der Waals surface area contributed by atoms with Gasteiger partial charge in [0.2, 0.25) is 5.91 Å². The summed E-state index contributed by atoms with van der Waals surface area (Å²) in [6, 6.07) is 0.185. The first-order valence-corrected chi connectivity index (χ1v) is 3.17. The summed E-state index contributed by atoms with van der Waals surface area (Å²) in [6.45, 7) is 1.92. The van der Waals surface area contributed by atoms with Crippen LogP contribution in [0.15, 0.2) is 0 Å². The van der Waals surface area contributed by atoms with Gasteiger partial charge in [-0.15, -0.1) is 0 Å². The molecule has 3 nitrogen and oxygen atoms in total. The molecule has 0 aromatic heterocycles. The lowest BCUT2D eigenvalue weighted by atomic mass is 10.1. The quantitative estimate of drug-likeness (QED) is 0.562. The Kier molecular flexibility index (Phi) is 4.05. The Morgan fingerprint density at radius 2 is 2.22 bits per heavy atom. The van der Waals surface area contributed by atoms with Gasteiger partial charge >= 0.3 is 0 Å². The van der Waals surface area contributed by atoms with Gasteiger partial charge in [-0.3, -0.25) is 4.79 Å². The molecular formula is C6H14N2O. The van der Waals surface area contributed by atoms with Gasteiger partial charge in [0.05, 0.1) is 0 Å². The Hall–Kier alpha value is -0.570. The Morgan fingerprint density at radius 1 is 1.67 bits per heavy atom. The van der Waals surface area contributed by atoms with E-state index in [2.05, 4.69) is 0 Å². The molecule has 4 N–H and O–H groups in total. The molecule has 0 bridgehead atoms. The van der Waals surface area contributed by atoms with E-state index in [1.54, 1.807) is 0 Å². The van der Waals surface area contributed by atoms with Crippen LogP contribution in [0.25, 0.3) is 0 Å². The van der Waals surface area contributed by atoms with Crippen molar-refractivity contribution >= 4 is 5.91 Å². The predicted molar refractivity (Wildman–Crippen MR) is 36.7 cm³/mol. The summed E-state index contributed by atoms with van der Waals surface area (Å²) < 4.78 is 0. The first-order valence-electron chi connectivity index (χ1n) is 3.17. The average Bonchev–Trinajstić information content (AvgIpc) is 1.63. The highest BCUT2D eigenvalue weighted by atomic mass is 16.1. The second-order valence-electron chi connectivity index (χ2n) is 2.34. The number of hydrogen-bond acceptors (Lipinski definition) is 2. The molecule has 9 heavy (non-hydrogen) atoms. The topological polar surface area (TPSA) is 69.1 Å². The minimum absolute atomic E-state index is 0.185. The largest absolute Gasteiger partial charge is 0.370 e. The summed E-state index contributed by atoms with van der Waals surface area (Å²) in [5, 5.41) is 0. The molecule has 0 aromatic carbocycles. The van der Waals surface area contributed by atoms with E-state index < -0.39 is 0 Å². The number of nitrogens with two attached hydrogens (primary N) is 2. The third-order valence-corrected chi connectivity index (χ3v) is 1.08. The molecule has 0 fully saturated rings. The molecule has 0 heterocycles. The van der Waals surface area contributed by atoms with Gasteiger partial charge in [0.25, 0.3) is 0 Å². The summed E-state index contributed by atoms with van der Waals surface area (Å²) in [7, 11) is 0. The molecule has 1 atom stereocenters. The summed E-state index contributed by atoms with van der Waals surface area (Å²) in [6.07, 6.45) is 2.15. The maximum absolute atomic E-state index is 10.2. The summed E-state index contributed by atoms with van der Waals surface area (Å²) in [5.41, 5.74) is 10.3. The fourth-order valence-corrected chi connectivity index (χ4v) is 0.598. The first kappa shape index (κ1) is 8.43. The normalized spacial score (nSPS) is 13.1. The molecule has 0 saturated heterocycles. The van der Waals surface area contributed by atoms with Crippen LogP contribution >= 0.6 is 0 Å². The van der Waals surface area contributed by atoms with Crippen LogP contribution in [0.2, 0.25) is 0 Å². The van der Waals surface area contributed by atoms with E-state index in [4.69, 9.17) is 11.5 Å². The van der Waals surface area contributed by atoms with Crippen molar-refractivity contribution in [3.8, 4) is 0 Å². The van der Waals surface area contributed by atoms with Crippen LogP contribution in [0.3, 0.4) is 0 Å². The van der Waals surface area contributed by atoms with E-state index in [1.807, 2.05) is 6.92 Å². The van der Waals surface area contributed by atoms with E-state index >= 15 is 0 Å². The van der Waals surface area contributed by atoms with Crippen LogP contribution in [0.1, 0.15) is 26.2 Å². The number of hydrogen-bond donors (Lipinski definition) is 2. The van der Waals surface area contributed by atoms with Gasteiger partial charge in [-0.05, 0) is 19.8 Å². The van der Waals surface area contributed by atoms with Crippen molar-refractivity contribution in [1.82, 2.24) is 0 Å². The number of amides is 1. The van der Waals surface area contributed by atoms with Crippen molar-refractivity contribution < 1.29 is 4.79 Å². The van der Waals surface area contributed by atoms with Crippen LogP contribution < -0.4 is 11.5 Å². The summed E-state index contributed by atoms with van der Waals surface area (Å²) in [4.78, 5) is 10.2. The van der Waals surface area contributed by atoms with Crippen LogP contribution in [-0.2, 0) is 4.79 Å². The average molecular weight is 130 g/mol. The van der Waals surface area contributed by atoms with Crippen molar-refractivity contribution in [2.24, 2.45) is 11.5 Å². The fraction of sp³-hybridized carbons (Fsp3) is 0.833. The lowest BCUT2D eigenvalue weighted by Gasteiger charge is -2.00. The monoisotopic (exact) mass is 130 g/mol. The molecule has 0 saturated carbocycles. The minimum atomic E-state index is -0.240. The lowest BCUT2D eigenvalue weighted by molar-refractivity contribution is -0.118. The highest BCUT2D eigenvalue weighted by molar-refractivity contribution is 5.73. The Balaban J connectivity index is 3.01. The van der Waals surface area contributed by atoms with Gasteiger partial charge < -0.3 is 11.5 Å². The van der Waals surface area contributed by atoms with E-state index in [9.17, 15) is 4.79 Å². The summed E-state index contributed by atoms with van der Waals surface area (Å²) in [5.74, 6) is -0.240. The standard InChI is InChI=1S/C6H14N2O/c1-5(7)3-2-4-6(8)9/h5H,2-4,7H2,1H3,(H2,8,9). The van der Waals surface area contributed by atoms with E-state index in [0.717, 1.165) is 12.8 Å². The van der Waals surface area contributed by atoms with Gasteiger partial charge in [-0.25, -0.2) is 0 Å².